The summed E-state index contributed by atoms with van der Waals surface area (Å²) >= 11 is 12.8. The number of nitrogens with one attached hydrogen (secondary N) is 4. The molecule has 0 amide bonds. The predicted octanol–water partition coefficient (Wildman–Crippen LogP) is 14.7. The van der Waals surface area contributed by atoms with E-state index in [-0.39, 0.29) is 94.3 Å². The van der Waals surface area contributed by atoms with Gasteiger partial charge in [0.2, 0.25) is 71.4 Å². The molecular weight excluding hydrogens is 1720 g/mol. The summed E-state index contributed by atoms with van der Waals surface area (Å²) in [5.74, 6) is 0.626. The van der Waals surface area contributed by atoms with Crippen molar-refractivity contribution in [2.24, 2.45) is 0 Å². The zero-order chi connectivity index (χ0) is 83.8. The normalized spacial score (nSPS) is 11.2. The van der Waals surface area contributed by atoms with Crippen LogP contribution in [0.3, 0.4) is 0 Å². The van der Waals surface area contributed by atoms with E-state index in [1.165, 1.54) is 42.6 Å². The van der Waals surface area contributed by atoms with Crippen LogP contribution in [0.4, 0.5) is 114 Å². The van der Waals surface area contributed by atoms with Gasteiger partial charge >= 0.3 is 26.4 Å². The molecule has 118 heavy (non-hydrogen) atoms. The van der Waals surface area contributed by atoms with Gasteiger partial charge in [-0.2, -0.15) is 94.9 Å². The van der Waals surface area contributed by atoms with Gasteiger partial charge in [-0.25, -0.2) is 43.7 Å². The number of imidazole rings is 4. The fraction of sp³-hybridized carbons (Fsp3) is 0.129. The summed E-state index contributed by atoms with van der Waals surface area (Å²) in [5.41, 5.74) is 29.9. The second-order valence-electron chi connectivity index (χ2n) is 23.8. The molecule has 11 heterocycles. The maximum atomic E-state index is 14.0. The van der Waals surface area contributed by atoms with Gasteiger partial charge in [-0.3, -0.25) is 18.3 Å². The first-order valence-corrected chi connectivity index (χ1v) is 35.7. The minimum Gasteiger partial charge on any atom is -0.435 e. The molecule has 0 aliphatic carbocycles. The molecule has 35 nitrogen and oxygen atoms in total. The van der Waals surface area contributed by atoms with Crippen molar-refractivity contribution in [2.45, 2.75) is 60.6 Å². The quantitative estimate of drug-likeness (QED) is 0.0310. The molecule has 5 aromatic carbocycles. The second kappa shape index (κ2) is 35.6. The van der Waals surface area contributed by atoms with Crippen LogP contribution in [0.5, 0.6) is 23.0 Å². The van der Waals surface area contributed by atoms with Crippen molar-refractivity contribution >= 4 is 158 Å². The highest BCUT2D eigenvalue weighted by molar-refractivity contribution is 9.10. The first-order chi connectivity index (χ1) is 56.5. The fourth-order valence-electron chi connectivity index (χ4n) is 11.1. The number of hydrogen-bond donors (Lipinski definition) is 8. The number of alkyl halides is 8. The monoisotopic (exact) mass is 1780 g/mol. The number of ether oxygens (including phenoxy) is 4. The molecule has 0 aliphatic heterocycles. The summed E-state index contributed by atoms with van der Waals surface area (Å²) in [5, 5.41) is 11.9. The number of rotatable bonds is 21. The van der Waals surface area contributed by atoms with Crippen molar-refractivity contribution in [3.8, 4) is 46.8 Å². The van der Waals surface area contributed by atoms with Crippen LogP contribution in [0.15, 0.2) is 155 Å². The fourth-order valence-corrected chi connectivity index (χ4v) is 11.9. The second-order valence-corrected chi connectivity index (χ2v) is 26.1. The third kappa shape index (κ3) is 19.9. The molecule has 0 aliphatic rings. The molecular formula is C70H54Br2ClF10N31O4. The lowest BCUT2D eigenvalue weighted by atomic mass is 10.3. The van der Waals surface area contributed by atoms with E-state index < -0.39 is 49.6 Å². The van der Waals surface area contributed by atoms with Gasteiger partial charge in [0.05, 0.1) is 32.6 Å². The lowest BCUT2D eigenvalue weighted by Crippen LogP contribution is -2.11. The van der Waals surface area contributed by atoms with Crippen LogP contribution < -0.4 is 63.1 Å². The highest BCUT2D eigenvalue weighted by Gasteiger charge is 2.23. The first-order valence-electron chi connectivity index (χ1n) is 33.7. The zero-order valence-corrected chi connectivity index (χ0v) is 64.4. The third-order valence-electron chi connectivity index (χ3n) is 15.7. The Morgan fingerprint density at radius 3 is 1.08 bits per heavy atom. The number of aryl methyl sites for hydroxylation is 4. The summed E-state index contributed by atoms with van der Waals surface area (Å²) in [6.45, 7) is -4.77. The lowest BCUT2D eigenvalue weighted by molar-refractivity contribution is -0.0527. The Bertz CT molecular complexity index is 6160. The van der Waals surface area contributed by atoms with Gasteiger partial charge in [0, 0.05) is 68.8 Å². The average molecular weight is 1780 g/mol. The van der Waals surface area contributed by atoms with Crippen LogP contribution in [-0.4, -0.2) is 139 Å². The Morgan fingerprint density at radius 1 is 0.381 bits per heavy atom. The molecule has 604 valence electrons. The van der Waals surface area contributed by atoms with E-state index in [0.717, 1.165) is 50.1 Å². The molecule has 0 spiro atoms. The number of fused-ring (bicyclic) bond motifs is 4. The van der Waals surface area contributed by atoms with E-state index in [1.807, 2.05) is 37.3 Å². The van der Waals surface area contributed by atoms with Crippen molar-refractivity contribution in [2.75, 3.05) is 44.2 Å². The molecule has 0 unspecified atom stereocenters. The molecule has 12 N–H and O–H groups in total. The molecule has 16 aromatic rings. The molecule has 48 heteroatoms. The number of nitrogen functional groups attached to an aromatic ring is 4. The van der Waals surface area contributed by atoms with Gasteiger partial charge in [-0.05, 0) is 156 Å². The van der Waals surface area contributed by atoms with Crippen molar-refractivity contribution < 1.29 is 62.9 Å². The average Bonchev–Trinajstić information content (AvgIpc) is 1.64. The molecule has 0 atom stereocenters. The zero-order valence-electron chi connectivity index (χ0n) is 60.5. The molecule has 11 aromatic heterocycles. The van der Waals surface area contributed by atoms with E-state index >= 15 is 0 Å². The van der Waals surface area contributed by atoms with E-state index in [4.69, 9.17) is 34.5 Å². The Morgan fingerprint density at radius 2 is 0.720 bits per heavy atom. The summed E-state index contributed by atoms with van der Waals surface area (Å²) in [6.07, 6.45) is 5.38. The summed E-state index contributed by atoms with van der Waals surface area (Å²) < 4.78 is 151. The maximum Gasteiger partial charge on any atom is 0.387 e. The van der Waals surface area contributed by atoms with Gasteiger partial charge < -0.3 is 63.1 Å². The number of pyridine rings is 3. The van der Waals surface area contributed by atoms with E-state index in [0.29, 0.717) is 73.8 Å². The van der Waals surface area contributed by atoms with Crippen LogP contribution in [0.25, 0.3) is 68.3 Å². The minimum absolute atomic E-state index is 0.000593. The Kier molecular flexibility index (Phi) is 24.6. The number of hydrogen-bond acceptors (Lipinski definition) is 31. The Hall–Kier alpha value is -14.4. The highest BCUT2D eigenvalue weighted by atomic mass is 79.9. The van der Waals surface area contributed by atoms with Gasteiger partial charge in [0.15, 0.2) is 40.1 Å². The molecule has 0 saturated heterocycles. The van der Waals surface area contributed by atoms with Crippen LogP contribution in [0.1, 0.15) is 30.2 Å². The minimum atomic E-state index is -3.13. The SMILES string of the molecule is CCc1nc2ccccc2n1-c1nc(N)nc(Nc2ccc(OC(F)F)c(F)c2)n1.Cc1nc2ncc(Br)cc2n1-c1nc(N)nc(Nc2ccc(OC(F)F)c(F)c2)n1.Cc1nc2ncc(Br)cc2n1-c1nc(N)nc(Nc2ccc(OC(F)F)cc2)n1.Cc1nc2ncc(Cl)cc2n1-c1nc(N)nc(Nc2ccc(OC(F)F)cc2)n1. The molecule has 0 saturated carbocycles. The van der Waals surface area contributed by atoms with Crippen molar-refractivity contribution in [3.63, 3.8) is 0 Å². The van der Waals surface area contributed by atoms with E-state index in [2.05, 4.69) is 167 Å². The predicted molar refractivity (Wildman–Crippen MR) is 418 cm³/mol. The van der Waals surface area contributed by atoms with Crippen molar-refractivity contribution in [1.29, 1.82) is 0 Å². The largest absolute Gasteiger partial charge is 0.435 e. The Labute approximate surface area is 677 Å². The van der Waals surface area contributed by atoms with Crippen molar-refractivity contribution in [3.05, 3.63) is 195 Å². The van der Waals surface area contributed by atoms with Crippen LogP contribution in [0.2, 0.25) is 5.02 Å². The topological polar surface area (TPSA) is 454 Å². The molecule has 0 bridgehead atoms. The molecule has 16 rings (SSSR count). The highest BCUT2D eigenvalue weighted by Crippen LogP contribution is 2.32. The summed E-state index contributed by atoms with van der Waals surface area (Å²) in [6, 6.07) is 31.4. The number of nitrogens with two attached hydrogens (primary N) is 4. The molecule has 0 radical (unpaired) electrons. The summed E-state index contributed by atoms with van der Waals surface area (Å²) in [7, 11) is 0. The number of aromatic nitrogens is 23. The molecule has 0 fully saturated rings. The number of halogens is 13. The van der Waals surface area contributed by atoms with Gasteiger partial charge in [0.1, 0.15) is 34.8 Å². The van der Waals surface area contributed by atoms with E-state index in [1.54, 1.807) is 87.8 Å². The van der Waals surface area contributed by atoms with Gasteiger partial charge in [0.25, 0.3) is 0 Å². The third-order valence-corrected chi connectivity index (χ3v) is 16.8. The maximum absolute atomic E-state index is 14.0. The first kappa shape index (κ1) is 81.6. The van der Waals surface area contributed by atoms with Gasteiger partial charge in [-0.1, -0.05) is 30.7 Å². The van der Waals surface area contributed by atoms with Crippen molar-refractivity contribution in [1.82, 2.24) is 113 Å². The smallest absolute Gasteiger partial charge is 0.387 e. The number of para-hydroxylation sites is 2. The van der Waals surface area contributed by atoms with Gasteiger partial charge in [-0.15, -0.1) is 0 Å². The number of nitrogens with zero attached hydrogens (tertiary/aromatic N) is 23. The summed E-state index contributed by atoms with van der Waals surface area (Å²) in [4.78, 5) is 80.7. The standard InChI is InChI=1S/C19H16F3N7O.C17H12BrF3N8O.C17H13BrF2N8O.C17H13ClF2N8O/c1-2-15-25-12-5-3-4-6-13(12)29(15)19-27-17(23)26-18(28-19)24-10-7-8-14(11(20)9-10)30-16(21)22;1-7-24-13-11(4-8(18)6-23-13)29(7)17-27-15(22)26-16(28-17)25-9-2-3-12(10(19)5-9)30-14(20)21;2*1-8-23-13-12(6-9(18)7-22-13)28(8)17-26-15(21)25-16(27-17)24-10-2-4-11(5-3-10)29-14(19)20/h3-9,16H,2H2,1H3,(H3,23,24,26,27,28);2-6,14H,1H3,(H3,22,25,26,27,28);2*2-7,14H,1H3,(H3,21,24,25,26,27). The number of anilines is 12. The van der Waals surface area contributed by atoms with Crippen LogP contribution in [-0.2, 0) is 6.42 Å². The van der Waals surface area contributed by atoms with Crippen LogP contribution in [0, 0.1) is 32.4 Å². The van der Waals surface area contributed by atoms with E-state index in [9.17, 15) is 43.9 Å². The van der Waals surface area contributed by atoms with Crippen LogP contribution >= 0.6 is 43.5 Å². The Balaban J connectivity index is 0.000000136. The lowest BCUT2D eigenvalue weighted by Gasteiger charge is -2.11. The number of benzene rings is 5.